The smallest absolute Gasteiger partial charge is 0.0319 e. The van der Waals surface area contributed by atoms with Crippen LogP contribution in [0.4, 0.5) is 0 Å². The highest BCUT2D eigenvalue weighted by molar-refractivity contribution is 5.11. The molecule has 10 heavy (non-hydrogen) atoms. The van der Waals surface area contributed by atoms with E-state index in [4.69, 9.17) is 5.11 Å². The first-order chi connectivity index (χ1) is 4.39. The Kier molecular flexibility index (Phi) is 9.67. The van der Waals surface area contributed by atoms with Gasteiger partial charge in [-0.3, -0.25) is 0 Å². The fourth-order valence-electron chi connectivity index (χ4n) is 0.534. The molecule has 0 fully saturated rings. The summed E-state index contributed by atoms with van der Waals surface area (Å²) in [6, 6.07) is 10.3. The average Bonchev–Trinajstić information content (AvgIpc) is 1.94. The molecule has 0 radical (unpaired) electrons. The maximum Gasteiger partial charge on any atom is 0.0319 e. The Hall–Kier alpha value is -0.860. The standard InChI is InChI=1S/C7H8.CH4O.H2O/c1-7-5-3-2-4-6-7;1-2;/h2-6H,1H3;2H,1H3;1H2. The second-order valence-electron chi connectivity index (χ2n) is 1.65. The van der Waals surface area contributed by atoms with Gasteiger partial charge in [0, 0.05) is 7.11 Å². The van der Waals surface area contributed by atoms with Crippen molar-refractivity contribution in [2.75, 3.05) is 7.11 Å². The lowest BCUT2D eigenvalue weighted by Crippen LogP contribution is -1.62. The largest absolute Gasteiger partial charge is 0.412 e. The van der Waals surface area contributed by atoms with E-state index < -0.39 is 0 Å². The van der Waals surface area contributed by atoms with Crippen molar-refractivity contribution < 1.29 is 10.6 Å². The molecular weight excluding hydrogens is 128 g/mol. The summed E-state index contributed by atoms with van der Waals surface area (Å²) in [4.78, 5) is 0. The van der Waals surface area contributed by atoms with Crippen LogP contribution >= 0.6 is 0 Å². The van der Waals surface area contributed by atoms with Gasteiger partial charge in [0.05, 0.1) is 0 Å². The summed E-state index contributed by atoms with van der Waals surface area (Å²) in [6.07, 6.45) is 0. The van der Waals surface area contributed by atoms with E-state index in [1.54, 1.807) is 0 Å². The fourth-order valence-corrected chi connectivity index (χ4v) is 0.534. The lowest BCUT2D eigenvalue weighted by molar-refractivity contribution is 0.399. The highest BCUT2D eigenvalue weighted by Crippen LogP contribution is 1.92. The zero-order chi connectivity index (χ0) is 7.11. The Morgan fingerprint density at radius 2 is 1.40 bits per heavy atom. The molecule has 0 aliphatic heterocycles. The Bertz CT molecular complexity index is 137. The van der Waals surface area contributed by atoms with Crippen molar-refractivity contribution in [3.63, 3.8) is 0 Å². The van der Waals surface area contributed by atoms with E-state index in [0.29, 0.717) is 0 Å². The van der Waals surface area contributed by atoms with Crippen LogP contribution in [-0.2, 0) is 0 Å². The van der Waals surface area contributed by atoms with Gasteiger partial charge in [0.2, 0.25) is 0 Å². The zero-order valence-electron chi connectivity index (χ0n) is 6.33. The van der Waals surface area contributed by atoms with Crippen LogP contribution in [0.5, 0.6) is 0 Å². The fraction of sp³-hybridized carbons (Fsp3) is 0.250. The van der Waals surface area contributed by atoms with E-state index in [9.17, 15) is 0 Å². The summed E-state index contributed by atoms with van der Waals surface area (Å²) >= 11 is 0. The van der Waals surface area contributed by atoms with Gasteiger partial charge in [0.1, 0.15) is 0 Å². The maximum atomic E-state index is 7.00. The predicted octanol–water partition coefficient (Wildman–Crippen LogP) is 0.779. The molecule has 0 aromatic heterocycles. The van der Waals surface area contributed by atoms with Crippen molar-refractivity contribution in [2.24, 2.45) is 0 Å². The van der Waals surface area contributed by atoms with Crippen molar-refractivity contribution >= 4 is 0 Å². The maximum absolute atomic E-state index is 7.00. The monoisotopic (exact) mass is 142 g/mol. The molecular formula is C8H14O2. The van der Waals surface area contributed by atoms with Gasteiger partial charge in [-0.05, 0) is 6.92 Å². The molecule has 0 unspecified atom stereocenters. The van der Waals surface area contributed by atoms with Crippen LogP contribution in [0, 0.1) is 6.92 Å². The van der Waals surface area contributed by atoms with E-state index in [1.165, 1.54) is 5.56 Å². The number of aliphatic hydroxyl groups is 1. The zero-order valence-corrected chi connectivity index (χ0v) is 6.33. The molecule has 2 heteroatoms. The van der Waals surface area contributed by atoms with Crippen LogP contribution in [0.2, 0.25) is 0 Å². The molecule has 0 bridgehead atoms. The molecule has 1 rings (SSSR count). The molecule has 0 aliphatic rings. The van der Waals surface area contributed by atoms with Gasteiger partial charge in [-0.25, -0.2) is 0 Å². The topological polar surface area (TPSA) is 51.7 Å². The number of hydrogen-bond acceptors (Lipinski definition) is 1. The first-order valence-corrected chi connectivity index (χ1v) is 2.86. The first kappa shape index (κ1) is 11.9. The highest BCUT2D eigenvalue weighted by atomic mass is 16.2. The number of aryl methyl sites for hydroxylation is 1. The summed E-state index contributed by atoms with van der Waals surface area (Å²) in [5.74, 6) is 0. The summed E-state index contributed by atoms with van der Waals surface area (Å²) < 4.78 is 0. The molecule has 0 saturated heterocycles. The van der Waals surface area contributed by atoms with Crippen molar-refractivity contribution in [2.45, 2.75) is 6.92 Å². The quantitative estimate of drug-likeness (QED) is 0.571. The lowest BCUT2D eigenvalue weighted by atomic mass is 10.2. The SMILES string of the molecule is CO.Cc1ccccc1.O. The molecule has 0 aliphatic carbocycles. The third-order valence-electron chi connectivity index (χ3n) is 0.940. The predicted molar refractivity (Wildman–Crippen MR) is 42.9 cm³/mol. The van der Waals surface area contributed by atoms with Gasteiger partial charge in [-0.15, -0.1) is 0 Å². The Balaban J connectivity index is 0. The van der Waals surface area contributed by atoms with Gasteiger partial charge in [0.25, 0.3) is 0 Å². The highest BCUT2D eigenvalue weighted by Gasteiger charge is 1.72. The number of hydrogen-bond donors (Lipinski definition) is 1. The summed E-state index contributed by atoms with van der Waals surface area (Å²) in [6.45, 7) is 2.08. The van der Waals surface area contributed by atoms with Gasteiger partial charge >= 0.3 is 0 Å². The summed E-state index contributed by atoms with van der Waals surface area (Å²) in [7, 11) is 1.00. The molecule has 0 amide bonds. The van der Waals surface area contributed by atoms with E-state index in [-0.39, 0.29) is 5.48 Å². The molecule has 1 aromatic carbocycles. The van der Waals surface area contributed by atoms with E-state index in [1.807, 2.05) is 18.2 Å². The van der Waals surface area contributed by atoms with Gasteiger partial charge in [0.15, 0.2) is 0 Å². The first-order valence-electron chi connectivity index (χ1n) is 2.86. The van der Waals surface area contributed by atoms with Crippen LogP contribution in [0.3, 0.4) is 0 Å². The van der Waals surface area contributed by atoms with E-state index >= 15 is 0 Å². The second kappa shape index (κ2) is 8.14. The van der Waals surface area contributed by atoms with E-state index in [2.05, 4.69) is 19.1 Å². The van der Waals surface area contributed by atoms with Gasteiger partial charge < -0.3 is 10.6 Å². The van der Waals surface area contributed by atoms with Crippen LogP contribution in [0.25, 0.3) is 0 Å². The molecule has 0 spiro atoms. The van der Waals surface area contributed by atoms with Crippen molar-refractivity contribution in [1.29, 1.82) is 0 Å². The third kappa shape index (κ3) is 5.28. The summed E-state index contributed by atoms with van der Waals surface area (Å²) in [5, 5.41) is 7.00. The minimum Gasteiger partial charge on any atom is -0.412 e. The third-order valence-corrected chi connectivity index (χ3v) is 0.940. The van der Waals surface area contributed by atoms with Gasteiger partial charge in [-0.1, -0.05) is 35.9 Å². The number of aliphatic hydroxyl groups excluding tert-OH is 1. The van der Waals surface area contributed by atoms with Crippen LogP contribution < -0.4 is 0 Å². The Morgan fingerprint density at radius 1 is 1.00 bits per heavy atom. The molecule has 0 atom stereocenters. The van der Waals surface area contributed by atoms with E-state index in [0.717, 1.165) is 7.11 Å². The second-order valence-corrected chi connectivity index (χ2v) is 1.65. The number of benzene rings is 1. The molecule has 3 N–H and O–H groups in total. The molecule has 58 valence electrons. The molecule has 0 saturated carbocycles. The average molecular weight is 142 g/mol. The van der Waals surface area contributed by atoms with Crippen LogP contribution in [-0.4, -0.2) is 17.7 Å². The Morgan fingerprint density at radius 3 is 1.60 bits per heavy atom. The molecule has 0 heterocycles. The molecule has 2 nitrogen and oxygen atoms in total. The summed E-state index contributed by atoms with van der Waals surface area (Å²) in [5.41, 5.74) is 1.32. The van der Waals surface area contributed by atoms with Crippen LogP contribution in [0.1, 0.15) is 5.56 Å². The number of rotatable bonds is 0. The minimum absolute atomic E-state index is 0. The minimum atomic E-state index is 0. The van der Waals surface area contributed by atoms with Crippen molar-refractivity contribution in [3.8, 4) is 0 Å². The normalized spacial score (nSPS) is 6.70. The van der Waals surface area contributed by atoms with Crippen molar-refractivity contribution in [1.82, 2.24) is 0 Å². The lowest BCUT2D eigenvalue weighted by Gasteiger charge is -1.82. The van der Waals surface area contributed by atoms with Crippen molar-refractivity contribution in [3.05, 3.63) is 35.9 Å². The van der Waals surface area contributed by atoms with Gasteiger partial charge in [-0.2, -0.15) is 0 Å². The molecule has 1 aromatic rings. The van der Waals surface area contributed by atoms with Crippen LogP contribution in [0.15, 0.2) is 30.3 Å². The Labute approximate surface area is 61.4 Å².